The number of anilines is 2. The molecule has 1 aliphatic rings. The first kappa shape index (κ1) is 23.8. The van der Waals surface area contributed by atoms with Crippen LogP contribution in [0.25, 0.3) is 0 Å². The number of carbonyl (C=O) groups is 2. The van der Waals surface area contributed by atoms with Gasteiger partial charge in [-0.1, -0.05) is 58.0 Å². The van der Waals surface area contributed by atoms with Gasteiger partial charge < -0.3 is 15.0 Å². The lowest BCUT2D eigenvalue weighted by molar-refractivity contribution is -0.126. The molecular formula is C27H36N2O3. The Labute approximate surface area is 192 Å². The van der Waals surface area contributed by atoms with E-state index in [9.17, 15) is 9.59 Å². The molecule has 2 aromatic rings. The molecule has 1 heterocycles. The lowest BCUT2D eigenvalue weighted by atomic mass is 9.86. The van der Waals surface area contributed by atoms with Gasteiger partial charge in [0.25, 0.3) is 0 Å². The summed E-state index contributed by atoms with van der Waals surface area (Å²) in [5.74, 6) is 0.680. The number of fused-ring (bicyclic) bond motifs is 1. The van der Waals surface area contributed by atoms with Crippen molar-refractivity contribution in [2.45, 2.75) is 78.2 Å². The molecule has 0 saturated heterocycles. The third-order valence-corrected chi connectivity index (χ3v) is 6.34. The molecule has 0 aliphatic carbocycles. The first-order valence-electron chi connectivity index (χ1n) is 11.5. The van der Waals surface area contributed by atoms with Gasteiger partial charge in [-0.05, 0) is 61.3 Å². The molecule has 32 heavy (non-hydrogen) atoms. The van der Waals surface area contributed by atoms with Crippen LogP contribution in [-0.2, 0) is 16.0 Å². The highest BCUT2D eigenvalue weighted by Crippen LogP contribution is 2.43. The van der Waals surface area contributed by atoms with Gasteiger partial charge >= 0.3 is 0 Å². The van der Waals surface area contributed by atoms with Gasteiger partial charge in [-0.3, -0.25) is 9.59 Å². The standard InChI is InChI=1S/C27H36N2O3/c1-17(2)20-11-9-12-21(18(3)4)25(20)28-23(30)16-24(31)29-26-19(14-15-27(29,5)6)10-8-13-22(26)32-7/h8-13,17-18H,14-16H2,1-7H3,(H,28,30). The number of rotatable bonds is 6. The summed E-state index contributed by atoms with van der Waals surface area (Å²) >= 11 is 0. The van der Waals surface area contributed by atoms with Crippen LogP contribution in [0.3, 0.4) is 0 Å². The SMILES string of the molecule is COc1cccc2c1N(C(=O)CC(=O)Nc1c(C(C)C)cccc1C(C)C)C(C)(C)CC2. The molecule has 0 atom stereocenters. The average molecular weight is 437 g/mol. The average Bonchev–Trinajstić information content (AvgIpc) is 2.72. The number of para-hydroxylation sites is 2. The van der Waals surface area contributed by atoms with Crippen molar-refractivity contribution in [3.63, 3.8) is 0 Å². The maximum absolute atomic E-state index is 13.5. The van der Waals surface area contributed by atoms with Crippen molar-refractivity contribution in [2.75, 3.05) is 17.3 Å². The summed E-state index contributed by atoms with van der Waals surface area (Å²) in [6.45, 7) is 12.5. The van der Waals surface area contributed by atoms with Crippen LogP contribution in [-0.4, -0.2) is 24.5 Å². The first-order valence-corrected chi connectivity index (χ1v) is 11.5. The van der Waals surface area contributed by atoms with E-state index in [1.807, 2.05) is 50.2 Å². The molecule has 1 aliphatic heterocycles. The molecule has 1 N–H and O–H groups in total. The van der Waals surface area contributed by atoms with E-state index in [2.05, 4.69) is 33.0 Å². The number of carbonyl (C=O) groups excluding carboxylic acids is 2. The van der Waals surface area contributed by atoms with Crippen molar-refractivity contribution in [3.8, 4) is 5.75 Å². The molecule has 3 rings (SSSR count). The number of aryl methyl sites for hydroxylation is 1. The Morgan fingerprint density at radius 3 is 2.19 bits per heavy atom. The Morgan fingerprint density at radius 2 is 1.62 bits per heavy atom. The highest BCUT2D eigenvalue weighted by molar-refractivity contribution is 6.11. The number of benzene rings is 2. The molecule has 5 heteroatoms. The minimum absolute atomic E-state index is 0.217. The van der Waals surface area contributed by atoms with Crippen LogP contribution in [0.4, 0.5) is 11.4 Å². The summed E-state index contributed by atoms with van der Waals surface area (Å²) < 4.78 is 5.58. The normalized spacial score (nSPS) is 15.0. The van der Waals surface area contributed by atoms with E-state index in [1.165, 1.54) is 0 Å². The Kier molecular flexibility index (Phi) is 6.97. The van der Waals surface area contributed by atoms with Crippen LogP contribution in [0.2, 0.25) is 0 Å². The highest BCUT2D eigenvalue weighted by Gasteiger charge is 2.39. The topological polar surface area (TPSA) is 58.6 Å². The maximum atomic E-state index is 13.5. The molecule has 2 amide bonds. The van der Waals surface area contributed by atoms with Crippen molar-refractivity contribution < 1.29 is 14.3 Å². The molecule has 2 aromatic carbocycles. The lowest BCUT2D eigenvalue weighted by Crippen LogP contribution is -2.51. The monoisotopic (exact) mass is 436 g/mol. The molecule has 0 spiro atoms. The van der Waals surface area contributed by atoms with Gasteiger partial charge in [-0.25, -0.2) is 0 Å². The predicted molar refractivity (Wildman–Crippen MR) is 131 cm³/mol. The van der Waals surface area contributed by atoms with Gasteiger partial charge in [0.15, 0.2) is 0 Å². The summed E-state index contributed by atoms with van der Waals surface area (Å²) in [6, 6.07) is 12.0. The summed E-state index contributed by atoms with van der Waals surface area (Å²) in [4.78, 5) is 28.4. The van der Waals surface area contributed by atoms with Crippen molar-refractivity contribution in [1.82, 2.24) is 0 Å². The summed E-state index contributed by atoms with van der Waals surface area (Å²) in [6.07, 6.45) is 1.48. The fourth-order valence-corrected chi connectivity index (χ4v) is 4.60. The maximum Gasteiger partial charge on any atom is 0.237 e. The second-order valence-corrected chi connectivity index (χ2v) is 9.86. The number of amides is 2. The van der Waals surface area contributed by atoms with E-state index in [0.717, 1.165) is 40.9 Å². The van der Waals surface area contributed by atoms with E-state index < -0.39 is 5.54 Å². The summed E-state index contributed by atoms with van der Waals surface area (Å²) in [7, 11) is 1.61. The van der Waals surface area contributed by atoms with Gasteiger partial charge in [0.05, 0.1) is 12.8 Å². The zero-order valence-corrected chi connectivity index (χ0v) is 20.4. The van der Waals surface area contributed by atoms with E-state index >= 15 is 0 Å². The van der Waals surface area contributed by atoms with E-state index in [4.69, 9.17) is 4.74 Å². The van der Waals surface area contributed by atoms with Crippen LogP contribution in [0.5, 0.6) is 5.75 Å². The van der Waals surface area contributed by atoms with Crippen LogP contribution < -0.4 is 15.0 Å². The van der Waals surface area contributed by atoms with Crippen LogP contribution in [0.15, 0.2) is 36.4 Å². The Morgan fingerprint density at radius 1 is 1.03 bits per heavy atom. The molecule has 0 bridgehead atoms. The molecule has 5 nitrogen and oxygen atoms in total. The highest BCUT2D eigenvalue weighted by atomic mass is 16.5. The zero-order valence-electron chi connectivity index (χ0n) is 20.4. The van der Waals surface area contributed by atoms with Gasteiger partial charge in [0.2, 0.25) is 11.8 Å². The molecule has 172 valence electrons. The summed E-state index contributed by atoms with van der Waals surface area (Å²) in [5, 5.41) is 3.07. The quantitative estimate of drug-likeness (QED) is 0.563. The smallest absolute Gasteiger partial charge is 0.237 e. The number of nitrogens with one attached hydrogen (secondary N) is 1. The van der Waals surface area contributed by atoms with E-state index in [-0.39, 0.29) is 30.1 Å². The Hall–Kier alpha value is -2.82. The lowest BCUT2D eigenvalue weighted by Gasteiger charge is -2.44. The minimum Gasteiger partial charge on any atom is -0.495 e. The minimum atomic E-state index is -0.405. The van der Waals surface area contributed by atoms with Crippen LogP contribution in [0, 0.1) is 0 Å². The van der Waals surface area contributed by atoms with Crippen molar-refractivity contribution >= 4 is 23.2 Å². The zero-order chi connectivity index (χ0) is 23.6. The van der Waals surface area contributed by atoms with Crippen molar-refractivity contribution in [1.29, 1.82) is 0 Å². The van der Waals surface area contributed by atoms with Gasteiger partial charge in [0.1, 0.15) is 12.2 Å². The second kappa shape index (κ2) is 9.35. The Balaban J connectivity index is 1.90. The number of hydrogen-bond donors (Lipinski definition) is 1. The third kappa shape index (κ3) is 4.67. The van der Waals surface area contributed by atoms with Crippen molar-refractivity contribution in [3.05, 3.63) is 53.1 Å². The van der Waals surface area contributed by atoms with Gasteiger partial charge in [-0.15, -0.1) is 0 Å². The van der Waals surface area contributed by atoms with Crippen LogP contribution >= 0.6 is 0 Å². The largest absolute Gasteiger partial charge is 0.495 e. The summed E-state index contributed by atoms with van der Waals surface area (Å²) in [5.41, 5.74) is 4.47. The number of methoxy groups -OCH3 is 1. The second-order valence-electron chi connectivity index (χ2n) is 9.86. The predicted octanol–water partition coefficient (Wildman–Crippen LogP) is 6.03. The van der Waals surface area contributed by atoms with Gasteiger partial charge in [0, 0.05) is 11.2 Å². The van der Waals surface area contributed by atoms with Crippen molar-refractivity contribution in [2.24, 2.45) is 0 Å². The molecular weight excluding hydrogens is 400 g/mol. The number of ether oxygens (including phenoxy) is 1. The number of nitrogens with zero attached hydrogens (tertiary/aromatic N) is 1. The molecule has 0 saturated carbocycles. The van der Waals surface area contributed by atoms with E-state index in [0.29, 0.717) is 5.75 Å². The third-order valence-electron chi connectivity index (χ3n) is 6.34. The Bertz CT molecular complexity index is 967. The fraction of sp³-hybridized carbons (Fsp3) is 0.481. The fourth-order valence-electron chi connectivity index (χ4n) is 4.60. The molecule has 0 unspecified atom stereocenters. The molecule has 0 aromatic heterocycles. The van der Waals surface area contributed by atoms with E-state index in [1.54, 1.807) is 12.0 Å². The van der Waals surface area contributed by atoms with Gasteiger partial charge in [-0.2, -0.15) is 0 Å². The van der Waals surface area contributed by atoms with Crippen LogP contribution in [0.1, 0.15) is 82.9 Å². The first-order chi connectivity index (χ1) is 15.1. The number of hydrogen-bond acceptors (Lipinski definition) is 3. The molecule has 0 fully saturated rings. The molecule has 0 radical (unpaired) electrons.